The largest absolute Gasteiger partial charge is 0.477 e. The summed E-state index contributed by atoms with van der Waals surface area (Å²) in [6.07, 6.45) is 1.12. The fourth-order valence-corrected chi connectivity index (χ4v) is 2.14. The molecule has 2 rings (SSSR count). The monoisotopic (exact) mass is 318 g/mol. The quantitative estimate of drug-likeness (QED) is 0.853. The molecule has 0 radical (unpaired) electrons. The highest BCUT2D eigenvalue weighted by Gasteiger charge is 2.16. The lowest BCUT2D eigenvalue weighted by molar-refractivity contribution is 0.0823. The minimum absolute atomic E-state index is 0.208. The van der Waals surface area contributed by atoms with Crippen LogP contribution in [0, 0.1) is 5.82 Å². The molecular weight excluding hydrogens is 299 g/mol. The van der Waals surface area contributed by atoms with Crippen molar-refractivity contribution in [3.63, 3.8) is 0 Å². The van der Waals surface area contributed by atoms with Crippen LogP contribution >= 0.6 is 0 Å². The Balaban J connectivity index is 2.05. The second-order valence-corrected chi connectivity index (χ2v) is 4.78. The van der Waals surface area contributed by atoms with Crippen molar-refractivity contribution in [1.82, 2.24) is 10.3 Å². The van der Waals surface area contributed by atoms with Gasteiger partial charge in [-0.3, -0.25) is 4.79 Å². The number of nitrogens with zero attached hydrogens (tertiary/aromatic N) is 1. The molecule has 1 atom stereocenters. The number of pyridine rings is 1. The summed E-state index contributed by atoms with van der Waals surface area (Å²) in [4.78, 5) is 16.3. The first kappa shape index (κ1) is 16.9. The Labute approximate surface area is 134 Å². The Morgan fingerprint density at radius 1 is 1.35 bits per heavy atom. The van der Waals surface area contributed by atoms with Crippen LogP contribution in [-0.2, 0) is 4.74 Å². The van der Waals surface area contributed by atoms with E-state index in [0.717, 1.165) is 0 Å². The van der Waals surface area contributed by atoms with E-state index in [1.165, 1.54) is 19.2 Å². The lowest BCUT2D eigenvalue weighted by atomic mass is 10.1. The Morgan fingerprint density at radius 3 is 2.87 bits per heavy atom. The van der Waals surface area contributed by atoms with Crippen LogP contribution in [0.3, 0.4) is 0 Å². The van der Waals surface area contributed by atoms with Crippen LogP contribution in [0.25, 0.3) is 0 Å². The highest BCUT2D eigenvalue weighted by atomic mass is 19.1. The topological polar surface area (TPSA) is 60.5 Å². The van der Waals surface area contributed by atoms with Gasteiger partial charge in [-0.25, -0.2) is 9.37 Å². The highest BCUT2D eigenvalue weighted by molar-refractivity contribution is 5.96. The number of amides is 1. The number of carbonyl (C=O) groups is 1. The second-order valence-electron chi connectivity index (χ2n) is 4.78. The normalized spacial score (nSPS) is 11.8. The first-order valence-corrected chi connectivity index (χ1v) is 7.30. The first-order chi connectivity index (χ1) is 11.2. The van der Waals surface area contributed by atoms with Crippen molar-refractivity contribution >= 4 is 5.91 Å². The van der Waals surface area contributed by atoms with Crippen molar-refractivity contribution in [2.75, 3.05) is 20.3 Å². The third kappa shape index (κ3) is 4.50. The number of carbonyl (C=O) groups excluding carboxylic acids is 1. The summed E-state index contributed by atoms with van der Waals surface area (Å²) in [7, 11) is 1.51. The predicted molar refractivity (Wildman–Crippen MR) is 83.9 cm³/mol. The number of hydrogen-bond acceptors (Lipinski definition) is 4. The molecule has 1 amide bonds. The summed E-state index contributed by atoms with van der Waals surface area (Å²) in [5.41, 5.74) is 1.01. The van der Waals surface area contributed by atoms with Gasteiger partial charge in [0, 0.05) is 19.9 Å². The van der Waals surface area contributed by atoms with Crippen LogP contribution in [0.5, 0.6) is 5.88 Å². The Hall–Kier alpha value is -2.47. The molecule has 5 nitrogen and oxygen atoms in total. The van der Waals surface area contributed by atoms with E-state index in [1.807, 2.05) is 6.92 Å². The number of methoxy groups -OCH3 is 1. The maximum Gasteiger partial charge on any atom is 0.256 e. The molecule has 1 unspecified atom stereocenters. The van der Waals surface area contributed by atoms with Crippen LogP contribution in [0.1, 0.15) is 28.9 Å². The van der Waals surface area contributed by atoms with E-state index in [4.69, 9.17) is 9.47 Å². The van der Waals surface area contributed by atoms with Gasteiger partial charge >= 0.3 is 0 Å². The molecule has 2 aromatic rings. The lowest BCUT2D eigenvalue weighted by Gasteiger charge is -2.17. The highest BCUT2D eigenvalue weighted by Crippen LogP contribution is 2.18. The molecule has 122 valence electrons. The molecule has 0 saturated carbocycles. The van der Waals surface area contributed by atoms with Crippen molar-refractivity contribution < 1.29 is 18.7 Å². The van der Waals surface area contributed by atoms with Gasteiger partial charge in [0.2, 0.25) is 5.88 Å². The van der Waals surface area contributed by atoms with Gasteiger partial charge in [-0.15, -0.1) is 0 Å². The number of halogens is 1. The maximum absolute atomic E-state index is 13.3. The van der Waals surface area contributed by atoms with Crippen molar-refractivity contribution in [3.05, 3.63) is 59.5 Å². The van der Waals surface area contributed by atoms with Crippen LogP contribution in [0.15, 0.2) is 42.6 Å². The number of aromatic nitrogens is 1. The molecule has 6 heteroatoms. The summed E-state index contributed by atoms with van der Waals surface area (Å²) in [6.45, 7) is 2.45. The van der Waals surface area contributed by atoms with E-state index >= 15 is 0 Å². The van der Waals surface area contributed by atoms with Gasteiger partial charge < -0.3 is 14.8 Å². The molecule has 23 heavy (non-hydrogen) atoms. The van der Waals surface area contributed by atoms with Crippen LogP contribution in [-0.4, -0.2) is 31.2 Å². The molecule has 0 aliphatic heterocycles. The fourth-order valence-electron chi connectivity index (χ4n) is 2.14. The van der Waals surface area contributed by atoms with Gasteiger partial charge in [0.1, 0.15) is 11.4 Å². The standard InChI is InChI=1S/C17H19FN2O3/c1-3-23-17-14(8-5-9-19-17)16(21)20-11-15(22-2)12-6-4-7-13(18)10-12/h4-10,15H,3,11H2,1-2H3,(H,20,21). The van der Waals surface area contributed by atoms with Gasteiger partial charge in [-0.2, -0.15) is 0 Å². The van der Waals surface area contributed by atoms with Gasteiger partial charge in [-0.1, -0.05) is 12.1 Å². The van der Waals surface area contributed by atoms with Gasteiger partial charge in [0.05, 0.1) is 12.7 Å². The van der Waals surface area contributed by atoms with Crippen LogP contribution in [0.4, 0.5) is 4.39 Å². The molecule has 1 aromatic heterocycles. The number of rotatable bonds is 7. The number of hydrogen-bond donors (Lipinski definition) is 1. The Kier molecular flexibility index (Phi) is 6.05. The fraction of sp³-hybridized carbons (Fsp3) is 0.294. The van der Waals surface area contributed by atoms with E-state index in [2.05, 4.69) is 10.3 Å². The average molecular weight is 318 g/mol. The minimum atomic E-state index is -0.443. The zero-order valence-electron chi connectivity index (χ0n) is 13.1. The van der Waals surface area contributed by atoms with E-state index in [0.29, 0.717) is 17.7 Å². The van der Waals surface area contributed by atoms with Gasteiger partial charge in [0.25, 0.3) is 5.91 Å². The van der Waals surface area contributed by atoms with E-state index < -0.39 is 6.10 Å². The molecule has 0 saturated heterocycles. The van der Waals surface area contributed by atoms with Crippen molar-refractivity contribution in [3.8, 4) is 5.88 Å². The van der Waals surface area contributed by atoms with Crippen LogP contribution < -0.4 is 10.1 Å². The van der Waals surface area contributed by atoms with Gasteiger partial charge in [0.15, 0.2) is 0 Å². The van der Waals surface area contributed by atoms with E-state index in [-0.39, 0.29) is 24.1 Å². The van der Waals surface area contributed by atoms with E-state index in [9.17, 15) is 9.18 Å². The molecular formula is C17H19FN2O3. The van der Waals surface area contributed by atoms with Crippen LogP contribution in [0.2, 0.25) is 0 Å². The smallest absolute Gasteiger partial charge is 0.256 e. The molecule has 1 heterocycles. The Bertz CT molecular complexity index is 664. The summed E-state index contributed by atoms with van der Waals surface area (Å²) in [5, 5.41) is 2.76. The number of nitrogens with one attached hydrogen (secondary N) is 1. The molecule has 0 fully saturated rings. The molecule has 1 N–H and O–H groups in total. The number of benzene rings is 1. The zero-order valence-corrected chi connectivity index (χ0v) is 13.1. The zero-order chi connectivity index (χ0) is 16.7. The Morgan fingerprint density at radius 2 is 2.17 bits per heavy atom. The second kappa shape index (κ2) is 8.24. The third-order valence-electron chi connectivity index (χ3n) is 3.25. The molecule has 0 aliphatic carbocycles. The van der Waals surface area contributed by atoms with Crippen molar-refractivity contribution in [2.24, 2.45) is 0 Å². The van der Waals surface area contributed by atoms with E-state index in [1.54, 1.807) is 30.5 Å². The minimum Gasteiger partial charge on any atom is -0.477 e. The lowest BCUT2D eigenvalue weighted by Crippen LogP contribution is -2.29. The summed E-state index contributed by atoms with van der Waals surface area (Å²) in [5.74, 6) is -0.381. The third-order valence-corrected chi connectivity index (χ3v) is 3.25. The van der Waals surface area contributed by atoms with Gasteiger partial charge in [-0.05, 0) is 36.8 Å². The van der Waals surface area contributed by atoms with Crippen molar-refractivity contribution in [2.45, 2.75) is 13.0 Å². The summed E-state index contributed by atoms with van der Waals surface area (Å²) >= 11 is 0. The molecule has 0 bridgehead atoms. The maximum atomic E-state index is 13.3. The molecule has 1 aromatic carbocycles. The predicted octanol–water partition coefficient (Wildman–Crippen LogP) is 2.74. The first-order valence-electron chi connectivity index (χ1n) is 7.30. The van der Waals surface area contributed by atoms with Crippen molar-refractivity contribution in [1.29, 1.82) is 0 Å². The summed E-state index contributed by atoms with van der Waals surface area (Å²) in [6, 6.07) is 9.40. The molecule has 0 spiro atoms. The molecule has 0 aliphatic rings. The SMILES string of the molecule is CCOc1ncccc1C(=O)NCC(OC)c1cccc(F)c1. The average Bonchev–Trinajstić information content (AvgIpc) is 2.56. The number of ether oxygens (including phenoxy) is 2. The summed E-state index contributed by atoms with van der Waals surface area (Å²) < 4.78 is 24.0.